The lowest BCUT2D eigenvalue weighted by Crippen LogP contribution is -2.43. The molecule has 0 saturated carbocycles. The van der Waals surface area contributed by atoms with Gasteiger partial charge in [0.2, 0.25) is 15.9 Å². The number of piperidine rings is 1. The highest BCUT2D eigenvalue weighted by atomic mass is 35.5. The fraction of sp³-hybridized carbons (Fsp3) is 0.316. The second kappa shape index (κ2) is 8.37. The zero-order chi connectivity index (χ0) is 20.5. The minimum Gasteiger partial charge on any atom is -0.326 e. The molecule has 0 aromatic heterocycles. The van der Waals surface area contributed by atoms with Crippen LogP contribution in [0.2, 0.25) is 10.0 Å². The van der Waals surface area contributed by atoms with Crippen molar-refractivity contribution in [2.75, 3.05) is 18.4 Å². The predicted octanol–water partition coefficient (Wildman–Crippen LogP) is 4.48. The van der Waals surface area contributed by atoms with Gasteiger partial charge in [-0.2, -0.15) is 4.31 Å². The van der Waals surface area contributed by atoms with Crippen molar-refractivity contribution in [3.8, 4) is 0 Å². The zero-order valence-corrected chi connectivity index (χ0v) is 17.4. The fourth-order valence-corrected chi connectivity index (χ4v) is 5.05. The van der Waals surface area contributed by atoms with E-state index in [2.05, 4.69) is 5.32 Å². The molecule has 0 radical (unpaired) electrons. The van der Waals surface area contributed by atoms with Crippen molar-refractivity contribution in [2.24, 2.45) is 5.92 Å². The van der Waals surface area contributed by atoms with Crippen LogP contribution in [0.4, 0.5) is 10.1 Å². The Balaban J connectivity index is 1.74. The molecule has 1 fully saturated rings. The number of hydrogen-bond acceptors (Lipinski definition) is 3. The van der Waals surface area contributed by atoms with Crippen molar-refractivity contribution in [1.82, 2.24) is 4.31 Å². The lowest BCUT2D eigenvalue weighted by atomic mass is 9.99. The summed E-state index contributed by atoms with van der Waals surface area (Å²) in [5.41, 5.74) is 1.15. The number of amides is 1. The molecular weight excluding hydrogens is 426 g/mol. The summed E-state index contributed by atoms with van der Waals surface area (Å²) in [6, 6.07) is 8.49. The molecule has 150 valence electrons. The van der Waals surface area contributed by atoms with Crippen molar-refractivity contribution in [3.05, 3.63) is 57.8 Å². The topological polar surface area (TPSA) is 66.5 Å². The van der Waals surface area contributed by atoms with Crippen molar-refractivity contribution < 1.29 is 17.6 Å². The second-order valence-corrected chi connectivity index (χ2v) is 9.48. The fourth-order valence-electron chi connectivity index (χ4n) is 3.08. The molecule has 0 bridgehead atoms. The summed E-state index contributed by atoms with van der Waals surface area (Å²) in [6.07, 6.45) is 1.11. The average Bonchev–Trinajstić information content (AvgIpc) is 2.67. The van der Waals surface area contributed by atoms with E-state index in [1.807, 2.05) is 0 Å². The van der Waals surface area contributed by atoms with Gasteiger partial charge in [0.25, 0.3) is 0 Å². The molecule has 1 atom stereocenters. The van der Waals surface area contributed by atoms with E-state index in [0.717, 1.165) is 11.6 Å². The quantitative estimate of drug-likeness (QED) is 0.755. The Labute approximate surface area is 173 Å². The highest BCUT2D eigenvalue weighted by Gasteiger charge is 2.33. The number of nitrogens with one attached hydrogen (secondary N) is 1. The van der Waals surface area contributed by atoms with E-state index >= 15 is 0 Å². The highest BCUT2D eigenvalue weighted by Crippen LogP contribution is 2.28. The molecule has 2 aromatic carbocycles. The van der Waals surface area contributed by atoms with Gasteiger partial charge in [0.15, 0.2) is 0 Å². The van der Waals surface area contributed by atoms with Gasteiger partial charge in [-0.3, -0.25) is 4.79 Å². The minimum absolute atomic E-state index is 0.0641. The lowest BCUT2D eigenvalue weighted by molar-refractivity contribution is -0.120. The van der Waals surface area contributed by atoms with E-state index in [0.29, 0.717) is 30.1 Å². The van der Waals surface area contributed by atoms with Crippen LogP contribution in [0.5, 0.6) is 0 Å². The number of halogens is 3. The number of anilines is 1. The monoisotopic (exact) mass is 444 g/mol. The molecule has 0 aliphatic carbocycles. The molecule has 2 aromatic rings. The predicted molar refractivity (Wildman–Crippen MR) is 108 cm³/mol. The SMILES string of the molecule is Cc1ccc(S(=O)(=O)N2CCCC(C(=O)Nc3ccc(F)c(Cl)c3)C2)cc1Cl. The van der Waals surface area contributed by atoms with Crippen molar-refractivity contribution in [2.45, 2.75) is 24.7 Å². The van der Waals surface area contributed by atoms with Crippen LogP contribution < -0.4 is 5.32 Å². The highest BCUT2D eigenvalue weighted by molar-refractivity contribution is 7.89. The normalized spacial score (nSPS) is 18.1. The Morgan fingerprint density at radius 2 is 1.93 bits per heavy atom. The van der Waals surface area contributed by atoms with Gasteiger partial charge in [-0.15, -0.1) is 0 Å². The Morgan fingerprint density at radius 3 is 2.61 bits per heavy atom. The van der Waals surface area contributed by atoms with E-state index in [1.165, 1.54) is 28.6 Å². The van der Waals surface area contributed by atoms with E-state index in [1.54, 1.807) is 13.0 Å². The summed E-state index contributed by atoms with van der Waals surface area (Å²) in [4.78, 5) is 12.7. The first kappa shape index (κ1) is 21.0. The molecule has 1 aliphatic heterocycles. The third-order valence-electron chi connectivity index (χ3n) is 4.72. The van der Waals surface area contributed by atoms with Gasteiger partial charge in [0, 0.05) is 23.8 Å². The van der Waals surface area contributed by atoms with Crippen molar-refractivity contribution in [3.63, 3.8) is 0 Å². The number of hydrogen-bond donors (Lipinski definition) is 1. The molecule has 3 rings (SSSR count). The van der Waals surface area contributed by atoms with Crippen LogP contribution in [0.15, 0.2) is 41.3 Å². The molecule has 0 spiro atoms. The summed E-state index contributed by atoms with van der Waals surface area (Å²) >= 11 is 11.8. The first-order chi connectivity index (χ1) is 13.2. The molecule has 1 unspecified atom stereocenters. The third kappa shape index (κ3) is 4.49. The first-order valence-electron chi connectivity index (χ1n) is 8.70. The second-order valence-electron chi connectivity index (χ2n) is 6.73. The molecule has 1 aliphatic rings. The molecule has 5 nitrogen and oxygen atoms in total. The van der Waals surface area contributed by atoms with Crippen molar-refractivity contribution in [1.29, 1.82) is 0 Å². The van der Waals surface area contributed by atoms with Gasteiger partial charge in [-0.1, -0.05) is 29.3 Å². The maximum Gasteiger partial charge on any atom is 0.243 e. The van der Waals surface area contributed by atoms with E-state index < -0.39 is 21.8 Å². The average molecular weight is 445 g/mol. The first-order valence-corrected chi connectivity index (χ1v) is 10.9. The van der Waals surface area contributed by atoms with Gasteiger partial charge < -0.3 is 5.32 Å². The third-order valence-corrected chi connectivity index (χ3v) is 7.28. The number of nitrogens with zero attached hydrogens (tertiary/aromatic N) is 1. The molecular formula is C19H19Cl2FN2O3S. The largest absolute Gasteiger partial charge is 0.326 e. The lowest BCUT2D eigenvalue weighted by Gasteiger charge is -2.31. The van der Waals surface area contributed by atoms with Gasteiger partial charge in [-0.25, -0.2) is 12.8 Å². The maximum absolute atomic E-state index is 13.3. The number of carbonyl (C=O) groups excluding carboxylic acids is 1. The number of carbonyl (C=O) groups is 1. The Morgan fingerprint density at radius 1 is 1.18 bits per heavy atom. The summed E-state index contributed by atoms with van der Waals surface area (Å²) < 4.78 is 40.4. The molecule has 1 saturated heterocycles. The standard InChI is InChI=1S/C19H19Cl2FN2O3S/c1-12-4-6-15(10-16(12)20)28(26,27)24-8-2-3-13(11-24)19(25)23-14-5-7-18(22)17(21)9-14/h4-7,9-10,13H,2-3,8,11H2,1H3,(H,23,25). The number of aryl methyl sites for hydroxylation is 1. The summed E-state index contributed by atoms with van der Waals surface area (Å²) in [5, 5.41) is 2.96. The van der Waals surface area contributed by atoms with Crippen LogP contribution in [0.25, 0.3) is 0 Å². The molecule has 1 N–H and O–H groups in total. The Hall–Kier alpha value is -1.67. The summed E-state index contributed by atoms with van der Waals surface area (Å²) in [5.74, 6) is -1.43. The molecule has 28 heavy (non-hydrogen) atoms. The summed E-state index contributed by atoms with van der Waals surface area (Å²) in [6.45, 7) is 2.19. The van der Waals surface area contributed by atoms with E-state index in [4.69, 9.17) is 23.2 Å². The van der Waals surface area contributed by atoms with Crippen LogP contribution in [0.1, 0.15) is 18.4 Å². The number of benzene rings is 2. The Bertz CT molecular complexity index is 1010. The summed E-state index contributed by atoms with van der Waals surface area (Å²) in [7, 11) is -3.75. The Kier molecular flexibility index (Phi) is 6.29. The zero-order valence-electron chi connectivity index (χ0n) is 15.1. The maximum atomic E-state index is 13.3. The van der Waals surface area contributed by atoms with Gasteiger partial charge >= 0.3 is 0 Å². The van der Waals surface area contributed by atoms with Gasteiger partial charge in [0.1, 0.15) is 5.82 Å². The van der Waals surface area contributed by atoms with Crippen LogP contribution >= 0.6 is 23.2 Å². The van der Waals surface area contributed by atoms with Gasteiger partial charge in [-0.05, 0) is 55.7 Å². The van der Waals surface area contributed by atoms with Crippen LogP contribution in [-0.4, -0.2) is 31.7 Å². The van der Waals surface area contributed by atoms with E-state index in [-0.39, 0.29) is 22.4 Å². The minimum atomic E-state index is -3.75. The van der Waals surface area contributed by atoms with Gasteiger partial charge in [0.05, 0.1) is 15.8 Å². The smallest absolute Gasteiger partial charge is 0.243 e. The number of rotatable bonds is 4. The van der Waals surface area contributed by atoms with Crippen LogP contribution in [-0.2, 0) is 14.8 Å². The van der Waals surface area contributed by atoms with Crippen LogP contribution in [0.3, 0.4) is 0 Å². The van der Waals surface area contributed by atoms with Crippen LogP contribution in [0, 0.1) is 18.7 Å². The molecule has 1 heterocycles. The molecule has 1 amide bonds. The van der Waals surface area contributed by atoms with E-state index in [9.17, 15) is 17.6 Å². The number of sulfonamides is 1. The van der Waals surface area contributed by atoms with Crippen molar-refractivity contribution >= 4 is 44.8 Å². The molecule has 9 heteroatoms.